The molecule has 1 saturated heterocycles. The molecular formula is C13H20BrN3. The lowest BCUT2D eigenvalue weighted by molar-refractivity contribution is 0.167. The van der Waals surface area contributed by atoms with E-state index in [4.69, 9.17) is 0 Å². The molecule has 1 aliphatic heterocycles. The summed E-state index contributed by atoms with van der Waals surface area (Å²) in [6.07, 6.45) is 1.87. The van der Waals surface area contributed by atoms with Gasteiger partial charge in [-0.05, 0) is 34.0 Å². The van der Waals surface area contributed by atoms with Crippen molar-refractivity contribution in [3.05, 3.63) is 28.5 Å². The van der Waals surface area contributed by atoms with Gasteiger partial charge in [-0.3, -0.25) is 9.88 Å². The Hall–Kier alpha value is -0.450. The van der Waals surface area contributed by atoms with Crippen LogP contribution in [0.15, 0.2) is 22.8 Å². The first-order chi connectivity index (χ1) is 8.15. The van der Waals surface area contributed by atoms with E-state index in [0.717, 1.165) is 36.3 Å². The summed E-state index contributed by atoms with van der Waals surface area (Å²) in [6, 6.07) is 4.76. The summed E-state index contributed by atoms with van der Waals surface area (Å²) in [5, 5.41) is 3.57. The Morgan fingerprint density at radius 1 is 1.53 bits per heavy atom. The molecule has 4 heteroatoms. The molecule has 0 radical (unpaired) electrons. The molecule has 1 atom stereocenters. The molecule has 1 unspecified atom stereocenters. The lowest BCUT2D eigenvalue weighted by Gasteiger charge is -2.35. The average molecular weight is 298 g/mol. The largest absolute Gasteiger partial charge is 0.311 e. The highest BCUT2D eigenvalue weighted by molar-refractivity contribution is 9.10. The molecule has 0 bridgehead atoms. The first kappa shape index (κ1) is 13.0. The van der Waals surface area contributed by atoms with Gasteiger partial charge in [0.1, 0.15) is 0 Å². The number of hydrogen-bond acceptors (Lipinski definition) is 3. The standard InChI is InChI=1S/C13H20BrN3/c1-10(2)13-9-17(6-5-15-13)8-12-4-3-11(14)7-16-12/h3-4,7,10,13,15H,5-6,8-9H2,1-2H3. The van der Waals surface area contributed by atoms with E-state index in [2.05, 4.69) is 57.1 Å². The number of rotatable bonds is 3. The van der Waals surface area contributed by atoms with Crippen LogP contribution in [0.3, 0.4) is 0 Å². The molecule has 94 valence electrons. The Morgan fingerprint density at radius 3 is 3.00 bits per heavy atom. The number of hydrogen-bond donors (Lipinski definition) is 1. The van der Waals surface area contributed by atoms with E-state index in [0.29, 0.717) is 12.0 Å². The van der Waals surface area contributed by atoms with E-state index in [1.807, 2.05) is 6.20 Å². The predicted molar refractivity (Wildman–Crippen MR) is 73.8 cm³/mol. The van der Waals surface area contributed by atoms with Crippen molar-refractivity contribution in [3.63, 3.8) is 0 Å². The number of nitrogens with one attached hydrogen (secondary N) is 1. The molecule has 1 fully saturated rings. The van der Waals surface area contributed by atoms with Gasteiger partial charge in [0.25, 0.3) is 0 Å². The summed E-state index contributed by atoms with van der Waals surface area (Å²) in [5.74, 6) is 0.690. The van der Waals surface area contributed by atoms with Crippen LogP contribution in [0.2, 0.25) is 0 Å². The summed E-state index contributed by atoms with van der Waals surface area (Å²) in [5.41, 5.74) is 1.15. The first-order valence-electron chi connectivity index (χ1n) is 6.21. The van der Waals surface area contributed by atoms with Gasteiger partial charge in [0, 0.05) is 42.9 Å². The number of piperazine rings is 1. The van der Waals surface area contributed by atoms with Gasteiger partial charge in [-0.2, -0.15) is 0 Å². The van der Waals surface area contributed by atoms with Crippen LogP contribution >= 0.6 is 15.9 Å². The highest BCUT2D eigenvalue weighted by Gasteiger charge is 2.21. The Balaban J connectivity index is 1.92. The maximum atomic E-state index is 4.43. The van der Waals surface area contributed by atoms with E-state index in [1.165, 1.54) is 0 Å². The SMILES string of the molecule is CC(C)C1CN(Cc2ccc(Br)cn2)CCN1. The fraction of sp³-hybridized carbons (Fsp3) is 0.615. The molecule has 1 aromatic heterocycles. The fourth-order valence-electron chi connectivity index (χ4n) is 2.16. The Morgan fingerprint density at radius 2 is 2.35 bits per heavy atom. The quantitative estimate of drug-likeness (QED) is 0.928. The van der Waals surface area contributed by atoms with E-state index in [9.17, 15) is 0 Å². The maximum absolute atomic E-state index is 4.43. The average Bonchev–Trinajstić information content (AvgIpc) is 2.32. The lowest BCUT2D eigenvalue weighted by atomic mass is 10.0. The van der Waals surface area contributed by atoms with Crippen LogP contribution in [-0.2, 0) is 6.54 Å². The summed E-state index contributed by atoms with van der Waals surface area (Å²) >= 11 is 3.41. The second-order valence-corrected chi connectivity index (χ2v) is 5.92. The number of halogens is 1. The molecule has 2 heterocycles. The van der Waals surface area contributed by atoms with Gasteiger partial charge in [-0.15, -0.1) is 0 Å². The van der Waals surface area contributed by atoms with Crippen molar-refractivity contribution in [2.45, 2.75) is 26.4 Å². The maximum Gasteiger partial charge on any atom is 0.0544 e. The van der Waals surface area contributed by atoms with Crippen LogP contribution in [0, 0.1) is 5.92 Å². The van der Waals surface area contributed by atoms with Gasteiger partial charge in [0.05, 0.1) is 5.69 Å². The second kappa shape index (κ2) is 5.94. The van der Waals surface area contributed by atoms with Crippen LogP contribution in [0.4, 0.5) is 0 Å². The topological polar surface area (TPSA) is 28.2 Å². The smallest absolute Gasteiger partial charge is 0.0544 e. The summed E-state index contributed by atoms with van der Waals surface area (Å²) in [7, 11) is 0. The van der Waals surface area contributed by atoms with E-state index < -0.39 is 0 Å². The van der Waals surface area contributed by atoms with Crippen molar-refractivity contribution in [2.75, 3.05) is 19.6 Å². The minimum absolute atomic E-state index is 0.610. The van der Waals surface area contributed by atoms with Gasteiger partial charge in [0.15, 0.2) is 0 Å². The predicted octanol–water partition coefficient (Wildman–Crippen LogP) is 2.27. The fourth-order valence-corrected chi connectivity index (χ4v) is 2.40. The van der Waals surface area contributed by atoms with Crippen LogP contribution < -0.4 is 5.32 Å². The lowest BCUT2D eigenvalue weighted by Crippen LogP contribution is -2.52. The zero-order valence-corrected chi connectivity index (χ0v) is 12.1. The molecule has 1 N–H and O–H groups in total. The highest BCUT2D eigenvalue weighted by Crippen LogP contribution is 2.12. The normalized spacial score (nSPS) is 22.0. The zero-order chi connectivity index (χ0) is 12.3. The van der Waals surface area contributed by atoms with Crippen molar-refractivity contribution >= 4 is 15.9 Å². The Labute approximate surface area is 112 Å². The van der Waals surface area contributed by atoms with Crippen LogP contribution in [-0.4, -0.2) is 35.6 Å². The monoisotopic (exact) mass is 297 g/mol. The van der Waals surface area contributed by atoms with Crippen molar-refractivity contribution in [1.29, 1.82) is 0 Å². The van der Waals surface area contributed by atoms with Gasteiger partial charge >= 0.3 is 0 Å². The molecule has 2 rings (SSSR count). The summed E-state index contributed by atoms with van der Waals surface area (Å²) in [6.45, 7) is 8.83. The Bertz CT molecular complexity index is 350. The molecule has 1 aromatic rings. The highest BCUT2D eigenvalue weighted by atomic mass is 79.9. The van der Waals surface area contributed by atoms with Gasteiger partial charge in [-0.25, -0.2) is 0 Å². The zero-order valence-electron chi connectivity index (χ0n) is 10.5. The van der Waals surface area contributed by atoms with Crippen LogP contribution in [0.1, 0.15) is 19.5 Å². The third-order valence-corrected chi connectivity index (χ3v) is 3.74. The van der Waals surface area contributed by atoms with Crippen molar-refractivity contribution < 1.29 is 0 Å². The van der Waals surface area contributed by atoms with Gasteiger partial charge < -0.3 is 5.32 Å². The first-order valence-corrected chi connectivity index (χ1v) is 7.00. The second-order valence-electron chi connectivity index (χ2n) is 5.01. The third kappa shape index (κ3) is 3.76. The molecule has 1 aliphatic rings. The molecule has 0 aliphatic carbocycles. The number of pyridine rings is 1. The van der Waals surface area contributed by atoms with E-state index >= 15 is 0 Å². The molecule has 0 aromatic carbocycles. The molecule has 0 spiro atoms. The third-order valence-electron chi connectivity index (χ3n) is 3.27. The van der Waals surface area contributed by atoms with Crippen LogP contribution in [0.25, 0.3) is 0 Å². The summed E-state index contributed by atoms with van der Waals surface area (Å²) in [4.78, 5) is 6.92. The minimum Gasteiger partial charge on any atom is -0.311 e. The van der Waals surface area contributed by atoms with Crippen molar-refractivity contribution in [3.8, 4) is 0 Å². The number of nitrogens with zero attached hydrogens (tertiary/aromatic N) is 2. The van der Waals surface area contributed by atoms with Crippen molar-refractivity contribution in [2.24, 2.45) is 5.92 Å². The van der Waals surface area contributed by atoms with Gasteiger partial charge in [-0.1, -0.05) is 13.8 Å². The molecule has 17 heavy (non-hydrogen) atoms. The number of aromatic nitrogens is 1. The van der Waals surface area contributed by atoms with Crippen molar-refractivity contribution in [1.82, 2.24) is 15.2 Å². The molecule has 0 amide bonds. The molecule has 3 nitrogen and oxygen atoms in total. The van der Waals surface area contributed by atoms with Crippen LogP contribution in [0.5, 0.6) is 0 Å². The van der Waals surface area contributed by atoms with E-state index in [-0.39, 0.29) is 0 Å². The Kier molecular flexibility index (Phi) is 4.54. The van der Waals surface area contributed by atoms with Gasteiger partial charge in [0.2, 0.25) is 0 Å². The summed E-state index contributed by atoms with van der Waals surface area (Å²) < 4.78 is 1.04. The van der Waals surface area contributed by atoms with E-state index in [1.54, 1.807) is 0 Å². The minimum atomic E-state index is 0.610. The molecular weight excluding hydrogens is 278 g/mol. The molecule has 0 saturated carbocycles.